The molecule has 4 fully saturated rings. The Bertz CT molecular complexity index is 1050. The van der Waals surface area contributed by atoms with Gasteiger partial charge in [0.25, 0.3) is 5.56 Å². The number of carbonyl (C=O) groups excluding carboxylic acids is 2. The average Bonchev–Trinajstić information content (AvgIpc) is 2.72. The van der Waals surface area contributed by atoms with E-state index in [0.29, 0.717) is 29.1 Å². The summed E-state index contributed by atoms with van der Waals surface area (Å²) in [6.07, 6.45) is 8.71. The van der Waals surface area contributed by atoms with Crippen LogP contribution in [-0.4, -0.2) is 27.8 Å². The van der Waals surface area contributed by atoms with Gasteiger partial charge in [-0.25, -0.2) is 4.98 Å². The van der Waals surface area contributed by atoms with Crippen LogP contribution in [0.1, 0.15) is 56.2 Å². The molecule has 4 aliphatic carbocycles. The van der Waals surface area contributed by atoms with Gasteiger partial charge in [0.1, 0.15) is 12.3 Å². The number of amides is 1. The van der Waals surface area contributed by atoms with E-state index in [0.717, 1.165) is 24.8 Å². The van der Waals surface area contributed by atoms with Crippen LogP contribution >= 0.6 is 0 Å². The SMILES string of the molecule is Cc1cccn2c(=O)cc(COC(=O)CCNC(=O)C34CC5CC(CC(C5)C3)C4)nc12. The summed E-state index contributed by atoms with van der Waals surface area (Å²) in [6.45, 7) is 2.11. The molecule has 31 heavy (non-hydrogen) atoms. The molecule has 2 aromatic rings. The van der Waals surface area contributed by atoms with E-state index < -0.39 is 5.97 Å². The molecule has 0 aliphatic heterocycles. The third-order valence-electron chi connectivity index (χ3n) is 7.45. The fourth-order valence-electron chi connectivity index (χ4n) is 6.46. The Labute approximate surface area is 181 Å². The molecule has 4 bridgehead atoms. The summed E-state index contributed by atoms with van der Waals surface area (Å²) < 4.78 is 6.77. The van der Waals surface area contributed by atoms with Gasteiger partial charge in [-0.3, -0.25) is 18.8 Å². The first-order valence-corrected chi connectivity index (χ1v) is 11.3. The van der Waals surface area contributed by atoms with Gasteiger partial charge < -0.3 is 10.1 Å². The molecule has 7 heteroatoms. The number of fused-ring (bicyclic) bond motifs is 1. The zero-order chi connectivity index (χ0) is 21.6. The number of hydrogen-bond acceptors (Lipinski definition) is 5. The quantitative estimate of drug-likeness (QED) is 0.722. The van der Waals surface area contributed by atoms with Gasteiger partial charge in [-0.2, -0.15) is 0 Å². The van der Waals surface area contributed by atoms with Gasteiger partial charge in [0, 0.05) is 24.2 Å². The Morgan fingerprint density at radius 1 is 1.19 bits per heavy atom. The molecule has 0 saturated heterocycles. The highest BCUT2D eigenvalue weighted by atomic mass is 16.5. The van der Waals surface area contributed by atoms with Crippen molar-refractivity contribution in [3.63, 3.8) is 0 Å². The average molecular weight is 424 g/mol. The molecule has 4 aliphatic rings. The lowest BCUT2D eigenvalue weighted by Crippen LogP contribution is -2.53. The Hall–Kier alpha value is -2.70. The Kier molecular flexibility index (Phi) is 5.07. The Morgan fingerprint density at radius 3 is 2.55 bits per heavy atom. The maximum absolute atomic E-state index is 12.9. The van der Waals surface area contributed by atoms with Gasteiger partial charge in [0.2, 0.25) is 5.91 Å². The fraction of sp³-hybridized carbons (Fsp3) is 0.583. The number of aromatic nitrogens is 2. The highest BCUT2D eigenvalue weighted by Gasteiger charge is 2.54. The van der Waals surface area contributed by atoms with E-state index in [9.17, 15) is 14.4 Å². The van der Waals surface area contributed by atoms with Crippen LogP contribution in [0, 0.1) is 30.1 Å². The van der Waals surface area contributed by atoms with Crippen LogP contribution in [0.2, 0.25) is 0 Å². The van der Waals surface area contributed by atoms with Crippen molar-refractivity contribution in [1.82, 2.24) is 14.7 Å². The largest absolute Gasteiger partial charge is 0.459 e. The summed E-state index contributed by atoms with van der Waals surface area (Å²) in [5, 5.41) is 3.00. The second-order valence-electron chi connectivity index (χ2n) is 9.83. The molecular weight excluding hydrogens is 394 g/mol. The van der Waals surface area contributed by atoms with Gasteiger partial charge in [-0.15, -0.1) is 0 Å². The van der Waals surface area contributed by atoms with E-state index in [2.05, 4.69) is 10.3 Å². The van der Waals surface area contributed by atoms with Crippen LogP contribution < -0.4 is 10.9 Å². The molecule has 7 nitrogen and oxygen atoms in total. The molecule has 1 N–H and O–H groups in total. The number of rotatable bonds is 6. The third-order valence-corrected chi connectivity index (χ3v) is 7.45. The zero-order valence-electron chi connectivity index (χ0n) is 17.9. The normalized spacial score (nSPS) is 28.6. The lowest BCUT2D eigenvalue weighted by Gasteiger charge is -2.55. The number of aryl methyl sites for hydroxylation is 1. The first kappa shape index (κ1) is 20.2. The molecule has 2 aromatic heterocycles. The topological polar surface area (TPSA) is 89.8 Å². The number of carbonyl (C=O) groups is 2. The molecule has 0 radical (unpaired) electrons. The van der Waals surface area contributed by atoms with Gasteiger partial charge in [-0.1, -0.05) is 6.07 Å². The van der Waals surface area contributed by atoms with E-state index in [1.165, 1.54) is 29.7 Å². The lowest BCUT2D eigenvalue weighted by atomic mass is 9.49. The fourth-order valence-corrected chi connectivity index (χ4v) is 6.46. The van der Waals surface area contributed by atoms with Crippen LogP contribution in [0.5, 0.6) is 0 Å². The summed E-state index contributed by atoms with van der Waals surface area (Å²) in [6, 6.07) is 5.06. The minimum atomic E-state index is -0.405. The number of pyridine rings is 1. The number of nitrogens with one attached hydrogen (secondary N) is 1. The summed E-state index contributed by atoms with van der Waals surface area (Å²) in [4.78, 5) is 41.8. The van der Waals surface area contributed by atoms with Crippen molar-refractivity contribution < 1.29 is 14.3 Å². The van der Waals surface area contributed by atoms with Crippen LogP contribution in [0.4, 0.5) is 0 Å². The van der Waals surface area contributed by atoms with Crippen molar-refractivity contribution in [1.29, 1.82) is 0 Å². The van der Waals surface area contributed by atoms with Gasteiger partial charge in [-0.05, 0) is 74.8 Å². The van der Waals surface area contributed by atoms with E-state index in [-0.39, 0.29) is 36.5 Å². The minimum Gasteiger partial charge on any atom is -0.459 e. The van der Waals surface area contributed by atoms with Gasteiger partial charge >= 0.3 is 5.97 Å². The van der Waals surface area contributed by atoms with Crippen LogP contribution in [0.15, 0.2) is 29.2 Å². The lowest BCUT2D eigenvalue weighted by molar-refractivity contribution is -0.147. The van der Waals surface area contributed by atoms with Gasteiger partial charge in [0.15, 0.2) is 0 Å². The molecule has 2 heterocycles. The number of nitrogens with zero attached hydrogens (tertiary/aromatic N) is 2. The maximum atomic E-state index is 12.9. The van der Waals surface area contributed by atoms with Crippen molar-refractivity contribution in [3.8, 4) is 0 Å². The molecule has 164 valence electrons. The number of esters is 1. The molecule has 0 aromatic carbocycles. The first-order valence-electron chi connectivity index (χ1n) is 11.3. The van der Waals surface area contributed by atoms with Crippen molar-refractivity contribution in [2.45, 2.75) is 58.5 Å². The third kappa shape index (κ3) is 3.86. The Balaban J connectivity index is 1.13. The highest BCUT2D eigenvalue weighted by molar-refractivity contribution is 5.83. The van der Waals surface area contributed by atoms with Crippen molar-refractivity contribution in [2.75, 3.05) is 6.54 Å². The number of ether oxygens (including phenoxy) is 1. The molecule has 6 rings (SSSR count). The zero-order valence-corrected chi connectivity index (χ0v) is 17.9. The second-order valence-corrected chi connectivity index (χ2v) is 9.83. The molecule has 4 saturated carbocycles. The van der Waals surface area contributed by atoms with Crippen LogP contribution in [0.3, 0.4) is 0 Å². The van der Waals surface area contributed by atoms with Gasteiger partial charge in [0.05, 0.1) is 12.1 Å². The minimum absolute atomic E-state index is 0.0537. The van der Waals surface area contributed by atoms with Crippen LogP contribution in [-0.2, 0) is 20.9 Å². The monoisotopic (exact) mass is 423 g/mol. The summed E-state index contributed by atoms with van der Waals surface area (Å²) in [5.74, 6) is 1.86. The van der Waals surface area contributed by atoms with E-state index in [1.54, 1.807) is 12.3 Å². The first-order chi connectivity index (χ1) is 14.9. The van der Waals surface area contributed by atoms with Crippen LogP contribution in [0.25, 0.3) is 5.65 Å². The van der Waals surface area contributed by atoms with E-state index in [1.807, 2.05) is 13.0 Å². The Morgan fingerprint density at radius 2 is 1.87 bits per heavy atom. The molecule has 1 amide bonds. The van der Waals surface area contributed by atoms with Crippen molar-refractivity contribution in [2.24, 2.45) is 23.2 Å². The smallest absolute Gasteiger partial charge is 0.307 e. The van der Waals surface area contributed by atoms with Crippen molar-refractivity contribution in [3.05, 3.63) is 46.0 Å². The molecule has 0 unspecified atom stereocenters. The maximum Gasteiger partial charge on any atom is 0.307 e. The second kappa shape index (κ2) is 7.77. The molecule has 0 atom stereocenters. The molecular formula is C24H29N3O4. The highest BCUT2D eigenvalue weighted by Crippen LogP contribution is 2.60. The van der Waals surface area contributed by atoms with E-state index in [4.69, 9.17) is 4.74 Å². The summed E-state index contributed by atoms with van der Waals surface area (Å²) in [7, 11) is 0. The predicted octanol–water partition coefficient (Wildman–Crippen LogP) is 2.77. The summed E-state index contributed by atoms with van der Waals surface area (Å²) >= 11 is 0. The molecule has 0 spiro atoms. The standard InChI is InChI=1S/C24H29N3O4/c1-15-3-2-6-27-20(28)10-19(26-22(15)27)14-31-21(29)4-5-25-23(30)24-11-16-7-17(12-24)9-18(8-16)13-24/h2-3,6,10,16-18H,4-5,7-9,11-14H2,1H3,(H,25,30). The predicted molar refractivity (Wildman–Crippen MR) is 114 cm³/mol. The van der Waals surface area contributed by atoms with E-state index >= 15 is 0 Å². The summed E-state index contributed by atoms with van der Waals surface area (Å²) in [5.41, 5.74) is 1.45. The van der Waals surface area contributed by atoms with Crippen molar-refractivity contribution >= 4 is 17.5 Å². The number of hydrogen-bond donors (Lipinski definition) is 1.